The van der Waals surface area contributed by atoms with Crippen LogP contribution in [0.3, 0.4) is 0 Å². The van der Waals surface area contributed by atoms with Crippen molar-refractivity contribution in [1.82, 2.24) is 18.8 Å². The summed E-state index contributed by atoms with van der Waals surface area (Å²) in [5, 5.41) is 17.1. The summed E-state index contributed by atoms with van der Waals surface area (Å²) in [6.45, 7) is 1.90. The summed E-state index contributed by atoms with van der Waals surface area (Å²) < 4.78 is 60.7. The number of sulfonamides is 1. The molecule has 1 unspecified atom stereocenters. The minimum atomic E-state index is -4.09. The quantitative estimate of drug-likeness (QED) is 0.278. The van der Waals surface area contributed by atoms with E-state index in [1.807, 2.05) is 55.5 Å². The summed E-state index contributed by atoms with van der Waals surface area (Å²) >= 11 is 0. The smallest absolute Gasteiger partial charge is 0.254 e. The van der Waals surface area contributed by atoms with Crippen molar-refractivity contribution in [1.29, 1.82) is 0 Å². The number of benzene rings is 4. The normalized spacial score (nSPS) is 25.7. The van der Waals surface area contributed by atoms with Crippen LogP contribution < -0.4 is 5.32 Å². The zero-order valence-corrected chi connectivity index (χ0v) is 25.9. The second kappa shape index (κ2) is 9.14. The summed E-state index contributed by atoms with van der Waals surface area (Å²) in [6, 6.07) is 19.5. The zero-order chi connectivity index (χ0) is 31.9. The molecule has 2 bridgehead atoms. The average Bonchev–Trinajstić information content (AvgIpc) is 3.65. The van der Waals surface area contributed by atoms with Crippen molar-refractivity contribution >= 4 is 59.5 Å². The minimum Gasteiger partial charge on any atom is -0.375 e. The van der Waals surface area contributed by atoms with Crippen molar-refractivity contribution < 1.29 is 32.2 Å². The van der Waals surface area contributed by atoms with Crippen molar-refractivity contribution in [3.8, 4) is 0 Å². The molecule has 10 nitrogen and oxygen atoms in total. The van der Waals surface area contributed by atoms with Crippen LogP contribution in [0.15, 0.2) is 77.7 Å². The van der Waals surface area contributed by atoms with Crippen molar-refractivity contribution in [3.63, 3.8) is 0 Å². The molecule has 1 fully saturated rings. The van der Waals surface area contributed by atoms with Crippen LogP contribution in [0.25, 0.3) is 43.6 Å². The second-order valence-electron chi connectivity index (χ2n) is 12.4. The van der Waals surface area contributed by atoms with E-state index in [2.05, 4.69) is 14.5 Å². The van der Waals surface area contributed by atoms with E-state index in [4.69, 9.17) is 9.47 Å². The maximum absolute atomic E-state index is 14.1. The molecule has 0 aliphatic carbocycles. The highest BCUT2D eigenvalue weighted by Crippen LogP contribution is 2.55. The third-order valence-electron chi connectivity index (χ3n) is 10.2. The van der Waals surface area contributed by atoms with Crippen LogP contribution in [0.2, 0.25) is 0 Å². The molecule has 0 radical (unpaired) electrons. The first-order chi connectivity index (χ1) is 22.1. The number of para-hydroxylation sites is 2. The van der Waals surface area contributed by atoms with Crippen LogP contribution in [0.5, 0.6) is 0 Å². The Labute approximate surface area is 262 Å². The number of methoxy groups -OCH3 is 1. The molecule has 9 rings (SSSR count). The van der Waals surface area contributed by atoms with E-state index in [1.165, 1.54) is 23.5 Å². The highest BCUT2D eigenvalue weighted by atomic mass is 32.2. The summed E-state index contributed by atoms with van der Waals surface area (Å²) in [5.41, 5.74) is 2.79. The fourth-order valence-corrected chi connectivity index (χ4v) is 9.73. The highest BCUT2D eigenvalue weighted by molar-refractivity contribution is 7.89. The fourth-order valence-electron chi connectivity index (χ4n) is 8.37. The molecule has 5 heterocycles. The van der Waals surface area contributed by atoms with Gasteiger partial charge in [-0.05, 0) is 43.3 Å². The molecule has 0 spiro atoms. The van der Waals surface area contributed by atoms with Gasteiger partial charge in [0.05, 0.1) is 38.6 Å². The maximum Gasteiger partial charge on any atom is 0.254 e. The Bertz CT molecular complexity index is 2420. The minimum absolute atomic E-state index is 0.0341. The third kappa shape index (κ3) is 3.27. The van der Waals surface area contributed by atoms with Gasteiger partial charge in [0.2, 0.25) is 10.0 Å². The molecule has 3 aliphatic heterocycles. The standard InChI is InChI=1S/C34H29FN4O6S/c1-34-31(44-3)23(37(2)46(42,43)18-14-12-17(35)13-15-18)16-24(45-34)38-21-10-6-4-8-19(21)25-27-28(33(41)36-32(27)40)26-20-9-5-7-11-22(20)39(34)30(26)29(25)38/h4-15,23-24,31,33,41H,16H2,1-3H3,(H,36,40)/t23-,24?,31-,33-,34+/m1/s1. The predicted molar refractivity (Wildman–Crippen MR) is 169 cm³/mol. The van der Waals surface area contributed by atoms with E-state index in [9.17, 15) is 22.7 Å². The molecule has 0 saturated carbocycles. The molecule has 12 heteroatoms. The van der Waals surface area contributed by atoms with E-state index in [0.717, 1.165) is 50.4 Å². The average molecular weight is 641 g/mol. The number of nitrogens with one attached hydrogen (secondary N) is 1. The number of aliphatic hydroxyl groups excluding tert-OH is 1. The number of amides is 1. The molecule has 2 aromatic heterocycles. The largest absolute Gasteiger partial charge is 0.375 e. The lowest BCUT2D eigenvalue weighted by Gasteiger charge is -2.50. The number of aromatic nitrogens is 2. The number of ether oxygens (including phenoxy) is 2. The number of carbonyl (C=O) groups is 1. The number of halogens is 1. The van der Waals surface area contributed by atoms with Gasteiger partial charge in [-0.1, -0.05) is 36.4 Å². The van der Waals surface area contributed by atoms with Crippen molar-refractivity contribution in [2.45, 2.75) is 48.6 Å². The maximum atomic E-state index is 14.1. The molecular formula is C34H29FN4O6S. The SMILES string of the molecule is CO[C@@H]1[C@H](N(C)S(=O)(=O)c2ccc(F)cc2)CC2O[C@]1(C)n1c3ccccc3c3c4c(c5c6ccccc6n2c5c31)C(=O)N[C@@H]4O. The lowest BCUT2D eigenvalue weighted by molar-refractivity contribution is -0.262. The first-order valence-corrected chi connectivity index (χ1v) is 16.5. The van der Waals surface area contributed by atoms with Gasteiger partial charge in [-0.25, -0.2) is 12.8 Å². The van der Waals surface area contributed by atoms with Gasteiger partial charge in [0, 0.05) is 47.7 Å². The van der Waals surface area contributed by atoms with Gasteiger partial charge in [0.1, 0.15) is 18.1 Å². The van der Waals surface area contributed by atoms with Gasteiger partial charge >= 0.3 is 0 Å². The van der Waals surface area contributed by atoms with Crippen molar-refractivity contribution in [3.05, 3.63) is 89.7 Å². The Morgan fingerprint density at radius 3 is 2.35 bits per heavy atom. The predicted octanol–water partition coefficient (Wildman–Crippen LogP) is 5.09. The van der Waals surface area contributed by atoms with Gasteiger partial charge in [0.25, 0.3) is 5.91 Å². The van der Waals surface area contributed by atoms with E-state index >= 15 is 0 Å². The van der Waals surface area contributed by atoms with Crippen LogP contribution in [0, 0.1) is 5.82 Å². The van der Waals surface area contributed by atoms with Crippen molar-refractivity contribution in [2.75, 3.05) is 14.2 Å². The van der Waals surface area contributed by atoms with Gasteiger partial charge in [-0.2, -0.15) is 4.31 Å². The zero-order valence-electron chi connectivity index (χ0n) is 25.1. The molecule has 1 saturated heterocycles. The van der Waals surface area contributed by atoms with Crippen LogP contribution >= 0.6 is 0 Å². The molecule has 234 valence electrons. The van der Waals surface area contributed by atoms with Crippen LogP contribution in [-0.4, -0.2) is 59.2 Å². The number of likely N-dealkylation sites (N-methyl/N-ethyl adjacent to an activating group) is 1. The van der Waals surface area contributed by atoms with E-state index in [0.29, 0.717) is 16.5 Å². The van der Waals surface area contributed by atoms with Crippen LogP contribution in [-0.2, 0) is 25.2 Å². The number of hydrogen-bond donors (Lipinski definition) is 2. The van der Waals surface area contributed by atoms with Crippen LogP contribution in [0.1, 0.15) is 41.7 Å². The van der Waals surface area contributed by atoms with Crippen molar-refractivity contribution in [2.24, 2.45) is 0 Å². The summed E-state index contributed by atoms with van der Waals surface area (Å²) in [7, 11) is -1.03. The first-order valence-electron chi connectivity index (χ1n) is 15.0. The molecular weight excluding hydrogens is 611 g/mol. The fraction of sp³-hybridized carbons (Fsp3) is 0.265. The monoisotopic (exact) mass is 640 g/mol. The topological polar surface area (TPSA) is 115 Å². The second-order valence-corrected chi connectivity index (χ2v) is 14.4. The molecule has 6 aromatic rings. The summed E-state index contributed by atoms with van der Waals surface area (Å²) in [4.78, 5) is 13.6. The molecule has 3 aliphatic rings. The van der Waals surface area contributed by atoms with Gasteiger partial charge in [0.15, 0.2) is 12.0 Å². The molecule has 5 atom stereocenters. The number of hydrogen-bond acceptors (Lipinski definition) is 6. The van der Waals surface area contributed by atoms with Gasteiger partial charge in [-0.15, -0.1) is 0 Å². The number of carbonyl (C=O) groups excluding carboxylic acids is 1. The van der Waals surface area contributed by atoms with E-state index in [1.54, 1.807) is 7.11 Å². The third-order valence-corrected chi connectivity index (χ3v) is 12.1. The molecule has 4 aromatic carbocycles. The van der Waals surface area contributed by atoms with Crippen LogP contribution in [0.4, 0.5) is 4.39 Å². The number of fused-ring (bicyclic) bond motifs is 13. The first kappa shape index (κ1) is 27.9. The lowest BCUT2D eigenvalue weighted by atomic mass is 9.93. The van der Waals surface area contributed by atoms with Gasteiger partial charge in [-0.3, -0.25) is 4.79 Å². The highest BCUT2D eigenvalue weighted by Gasteiger charge is 2.56. The number of nitrogens with zero attached hydrogens (tertiary/aromatic N) is 3. The van der Waals surface area contributed by atoms with E-state index < -0.39 is 46.2 Å². The lowest BCUT2D eigenvalue weighted by Crippen LogP contribution is -2.61. The molecule has 2 N–H and O–H groups in total. The Balaban J connectivity index is 1.42. The van der Waals surface area contributed by atoms with E-state index in [-0.39, 0.29) is 17.2 Å². The summed E-state index contributed by atoms with van der Waals surface area (Å²) in [5.74, 6) is -0.891. The van der Waals surface area contributed by atoms with Gasteiger partial charge < -0.3 is 29.0 Å². The summed E-state index contributed by atoms with van der Waals surface area (Å²) in [6.07, 6.45) is -2.49. The molecule has 46 heavy (non-hydrogen) atoms. The number of rotatable bonds is 4. The Kier molecular flexibility index (Phi) is 5.55. The Morgan fingerprint density at radius 2 is 1.65 bits per heavy atom. The molecule has 1 amide bonds. The Morgan fingerprint density at radius 1 is 1.00 bits per heavy atom. The number of aliphatic hydroxyl groups is 1. The Hall–Kier alpha value is -4.33.